The second-order valence-corrected chi connectivity index (χ2v) is 7.00. The van der Waals surface area contributed by atoms with Crippen LogP contribution >= 0.6 is 0 Å². The van der Waals surface area contributed by atoms with Crippen LogP contribution < -0.4 is 0 Å². The molecule has 0 aliphatic carbocycles. The van der Waals surface area contributed by atoms with Gasteiger partial charge in [-0.05, 0) is 76.7 Å². The topological polar surface area (TPSA) is 6.48 Å². The monoisotopic (exact) mass is 368 g/mol. The minimum Gasteiger partial charge on any atom is -0.333 e. The fraction of sp³-hybridized carbons (Fsp3) is 0.944. The van der Waals surface area contributed by atoms with E-state index in [4.69, 9.17) is 0 Å². The third kappa shape index (κ3) is 7.42. The molecule has 2 aliphatic rings. The van der Waals surface area contributed by atoms with Crippen LogP contribution in [0.2, 0.25) is 0 Å². The zero-order valence-corrected chi connectivity index (χ0v) is 17.1. The first kappa shape index (κ1) is 20.1. The van der Waals surface area contributed by atoms with Crippen molar-refractivity contribution in [2.75, 3.05) is 39.3 Å². The summed E-state index contributed by atoms with van der Waals surface area (Å²) in [7, 11) is 0. The molecule has 2 heterocycles. The van der Waals surface area contributed by atoms with Crippen LogP contribution in [-0.4, -0.2) is 49.1 Å². The molecule has 0 bridgehead atoms. The molecule has 2 aliphatic heterocycles. The summed E-state index contributed by atoms with van der Waals surface area (Å²) in [5, 5.41) is 0. The van der Waals surface area contributed by atoms with Crippen molar-refractivity contribution in [1.82, 2.24) is 9.80 Å². The van der Waals surface area contributed by atoms with Gasteiger partial charge in [-0.1, -0.05) is 26.2 Å². The fourth-order valence-corrected chi connectivity index (χ4v) is 4.01. The zero-order chi connectivity index (χ0) is 14.2. The number of rotatable bonds is 7. The van der Waals surface area contributed by atoms with E-state index in [0.717, 1.165) is 18.4 Å². The minimum atomic E-state index is 0. The van der Waals surface area contributed by atoms with Crippen molar-refractivity contribution in [3.05, 3.63) is 6.92 Å². The normalized spacial score (nSPS) is 23.1. The maximum Gasteiger partial charge on any atom is 0 e. The third-order valence-electron chi connectivity index (χ3n) is 5.50. The Morgan fingerprint density at radius 1 is 0.857 bits per heavy atom. The molecule has 121 valence electrons. The fourth-order valence-electron chi connectivity index (χ4n) is 4.01. The summed E-state index contributed by atoms with van der Waals surface area (Å²) >= 11 is 0. The van der Waals surface area contributed by atoms with E-state index in [0.29, 0.717) is 0 Å². The molecular formula is C18H35N2Y-. The van der Waals surface area contributed by atoms with Crippen molar-refractivity contribution in [3.63, 3.8) is 0 Å². The first-order chi connectivity index (χ1) is 9.81. The van der Waals surface area contributed by atoms with Crippen LogP contribution in [0.15, 0.2) is 0 Å². The first-order valence-electron chi connectivity index (χ1n) is 9.05. The maximum absolute atomic E-state index is 4.00. The van der Waals surface area contributed by atoms with E-state index in [9.17, 15) is 0 Å². The SMILES string of the molecule is [CH2-]CN1CCC(CCCC2CCN(CCC)CC2)CC1.[Y]. The Morgan fingerprint density at radius 2 is 1.33 bits per heavy atom. The molecular weight excluding hydrogens is 333 g/mol. The van der Waals surface area contributed by atoms with E-state index in [2.05, 4.69) is 23.6 Å². The Morgan fingerprint density at radius 3 is 1.76 bits per heavy atom. The molecule has 0 unspecified atom stereocenters. The van der Waals surface area contributed by atoms with Crippen molar-refractivity contribution in [2.24, 2.45) is 11.8 Å². The number of hydrogen-bond acceptors (Lipinski definition) is 2. The van der Waals surface area contributed by atoms with Gasteiger partial charge in [-0.2, -0.15) is 0 Å². The molecule has 0 N–H and O–H groups in total. The summed E-state index contributed by atoms with van der Waals surface area (Å²) in [6.45, 7) is 13.9. The molecule has 3 heteroatoms. The van der Waals surface area contributed by atoms with Crippen LogP contribution in [-0.2, 0) is 32.7 Å². The van der Waals surface area contributed by atoms with Crippen molar-refractivity contribution >= 4 is 0 Å². The van der Waals surface area contributed by atoms with Crippen LogP contribution in [0.3, 0.4) is 0 Å². The second-order valence-electron chi connectivity index (χ2n) is 7.00. The molecule has 0 atom stereocenters. The first-order valence-corrected chi connectivity index (χ1v) is 9.05. The van der Waals surface area contributed by atoms with Crippen molar-refractivity contribution < 1.29 is 32.7 Å². The number of hydrogen-bond donors (Lipinski definition) is 0. The van der Waals surface area contributed by atoms with Gasteiger partial charge in [0.25, 0.3) is 0 Å². The molecule has 1 radical (unpaired) electrons. The van der Waals surface area contributed by atoms with Gasteiger partial charge in [0.05, 0.1) is 0 Å². The van der Waals surface area contributed by atoms with E-state index in [1.54, 1.807) is 0 Å². The Balaban J connectivity index is 0.00000220. The third-order valence-corrected chi connectivity index (χ3v) is 5.50. The summed E-state index contributed by atoms with van der Waals surface area (Å²) in [5.74, 6) is 2.04. The van der Waals surface area contributed by atoms with Crippen molar-refractivity contribution in [3.8, 4) is 0 Å². The molecule has 2 rings (SSSR count). The average molecular weight is 368 g/mol. The quantitative estimate of drug-likeness (QED) is 0.631. The molecule has 21 heavy (non-hydrogen) atoms. The number of piperidine rings is 2. The summed E-state index contributed by atoms with van der Waals surface area (Å²) in [6, 6.07) is 0. The van der Waals surface area contributed by atoms with Crippen molar-refractivity contribution in [1.29, 1.82) is 0 Å². The molecule has 2 saturated heterocycles. The number of likely N-dealkylation sites (tertiary alicyclic amines) is 2. The van der Waals surface area contributed by atoms with Gasteiger partial charge in [0.1, 0.15) is 0 Å². The summed E-state index contributed by atoms with van der Waals surface area (Å²) in [5.41, 5.74) is 0. The van der Waals surface area contributed by atoms with Crippen molar-refractivity contribution in [2.45, 2.75) is 58.3 Å². The second kappa shape index (κ2) is 11.5. The Kier molecular flexibility index (Phi) is 11.0. The minimum absolute atomic E-state index is 0. The molecule has 0 spiro atoms. The van der Waals surface area contributed by atoms with E-state index >= 15 is 0 Å². The van der Waals surface area contributed by atoms with E-state index < -0.39 is 0 Å². The Hall–Kier alpha value is 1.02. The average Bonchev–Trinajstić information content (AvgIpc) is 2.50. The van der Waals surface area contributed by atoms with Crippen LogP contribution in [0.4, 0.5) is 0 Å². The smallest absolute Gasteiger partial charge is 0 e. The van der Waals surface area contributed by atoms with Crippen LogP contribution in [0, 0.1) is 18.8 Å². The predicted octanol–water partition coefficient (Wildman–Crippen LogP) is 3.82. The van der Waals surface area contributed by atoms with Gasteiger partial charge in [-0.3, -0.25) is 0 Å². The Bertz CT molecular complexity index is 244. The van der Waals surface area contributed by atoms with Gasteiger partial charge < -0.3 is 16.7 Å². The van der Waals surface area contributed by atoms with Crippen LogP contribution in [0.25, 0.3) is 0 Å². The van der Waals surface area contributed by atoms with Gasteiger partial charge in [0.15, 0.2) is 0 Å². The van der Waals surface area contributed by atoms with E-state index in [1.807, 2.05) is 0 Å². The predicted molar refractivity (Wildman–Crippen MR) is 87.8 cm³/mol. The Labute approximate surface area is 158 Å². The summed E-state index contributed by atoms with van der Waals surface area (Å²) in [6.07, 6.45) is 11.5. The molecule has 0 aromatic carbocycles. The molecule has 0 saturated carbocycles. The maximum atomic E-state index is 4.00. The van der Waals surface area contributed by atoms with E-state index in [1.165, 1.54) is 84.1 Å². The summed E-state index contributed by atoms with van der Waals surface area (Å²) < 4.78 is 0. The van der Waals surface area contributed by atoms with E-state index in [-0.39, 0.29) is 32.7 Å². The molecule has 0 amide bonds. The van der Waals surface area contributed by atoms with Crippen LogP contribution in [0.5, 0.6) is 0 Å². The number of nitrogens with zero attached hydrogens (tertiary/aromatic N) is 2. The van der Waals surface area contributed by atoms with Gasteiger partial charge in [-0.25, -0.2) is 0 Å². The largest absolute Gasteiger partial charge is 0.333 e. The summed E-state index contributed by atoms with van der Waals surface area (Å²) in [4.78, 5) is 5.16. The zero-order valence-electron chi connectivity index (χ0n) is 14.2. The molecule has 0 aromatic heterocycles. The molecule has 0 aromatic rings. The van der Waals surface area contributed by atoms with Gasteiger partial charge >= 0.3 is 0 Å². The molecule has 2 fully saturated rings. The van der Waals surface area contributed by atoms with Gasteiger partial charge in [0.2, 0.25) is 0 Å². The van der Waals surface area contributed by atoms with Crippen LogP contribution in [0.1, 0.15) is 58.3 Å². The molecule has 2 nitrogen and oxygen atoms in total. The standard InChI is InChI=1S/C18H35N2.Y/c1-3-12-20-15-10-18(11-16-20)7-5-6-17-8-13-19(4-2)14-9-17;/h17-18H,2-16H2,1H3;/q-1;. The van der Waals surface area contributed by atoms with Gasteiger partial charge in [0, 0.05) is 32.7 Å². The van der Waals surface area contributed by atoms with Gasteiger partial charge in [-0.15, -0.1) is 6.54 Å².